The third-order valence-electron chi connectivity index (χ3n) is 3.02. The Morgan fingerprint density at radius 2 is 1.19 bits per heavy atom. The smallest absolute Gasteiger partial charge is 0.0718 e. The summed E-state index contributed by atoms with van der Waals surface area (Å²) < 4.78 is 0. The molecule has 0 unspecified atom stereocenters. The molecule has 0 amide bonds. The van der Waals surface area contributed by atoms with Crippen molar-refractivity contribution >= 4 is 33.2 Å². The number of H-pyrrole nitrogens is 2. The van der Waals surface area contributed by atoms with E-state index in [1.54, 1.807) is 0 Å². The van der Waals surface area contributed by atoms with E-state index in [0.717, 1.165) is 44.6 Å². The van der Waals surface area contributed by atoms with Gasteiger partial charge in [-0.1, -0.05) is 0 Å². The van der Waals surface area contributed by atoms with Crippen LogP contribution < -0.4 is 11.5 Å². The molecule has 0 spiro atoms. The predicted octanol–water partition coefficient (Wildman–Crippen LogP) is 2.43. The summed E-state index contributed by atoms with van der Waals surface area (Å²) in [5.74, 6) is 0. The molecule has 1 aromatic carbocycles. The molecule has 0 atom stereocenters. The van der Waals surface area contributed by atoms with Crippen LogP contribution in [0.3, 0.4) is 0 Å². The number of anilines is 2. The van der Waals surface area contributed by atoms with Gasteiger partial charge in [0, 0.05) is 22.2 Å². The molecule has 0 saturated carbocycles. The summed E-state index contributed by atoms with van der Waals surface area (Å²) in [6.07, 6.45) is 0. The highest BCUT2D eigenvalue weighted by Crippen LogP contribution is 2.36. The Kier molecular flexibility index (Phi) is 1.56. The Morgan fingerprint density at radius 1 is 0.812 bits per heavy atom. The van der Waals surface area contributed by atoms with Gasteiger partial charge in [-0.15, -0.1) is 0 Å². The molecular weight excluding hydrogens is 200 g/mol. The number of rotatable bonds is 0. The van der Waals surface area contributed by atoms with Crippen LogP contribution in [-0.4, -0.2) is 9.97 Å². The fourth-order valence-electron chi connectivity index (χ4n) is 2.30. The van der Waals surface area contributed by atoms with Crippen LogP contribution in [0.4, 0.5) is 11.4 Å². The van der Waals surface area contributed by atoms with Crippen LogP contribution in [0.2, 0.25) is 0 Å². The molecule has 6 N–H and O–H groups in total. The van der Waals surface area contributed by atoms with Crippen LogP contribution in [0.25, 0.3) is 21.8 Å². The number of nitrogens with two attached hydrogens (primary N) is 2. The molecule has 16 heavy (non-hydrogen) atoms. The van der Waals surface area contributed by atoms with Crippen LogP contribution in [0.1, 0.15) is 11.4 Å². The first-order valence-electron chi connectivity index (χ1n) is 5.23. The quantitative estimate of drug-likeness (QED) is 0.342. The van der Waals surface area contributed by atoms with E-state index in [0.29, 0.717) is 0 Å². The summed E-state index contributed by atoms with van der Waals surface area (Å²) >= 11 is 0. The Balaban J connectivity index is 2.63. The molecule has 0 aliphatic rings. The van der Waals surface area contributed by atoms with E-state index in [2.05, 4.69) is 9.97 Å². The lowest BCUT2D eigenvalue weighted by molar-refractivity contribution is 1.30. The highest BCUT2D eigenvalue weighted by atomic mass is 14.8. The van der Waals surface area contributed by atoms with Crippen LogP contribution in [0, 0.1) is 13.8 Å². The van der Waals surface area contributed by atoms with Crippen molar-refractivity contribution in [2.75, 3.05) is 11.5 Å². The van der Waals surface area contributed by atoms with Gasteiger partial charge in [-0.3, -0.25) is 0 Å². The average molecular weight is 214 g/mol. The van der Waals surface area contributed by atoms with Crippen LogP contribution >= 0.6 is 0 Å². The van der Waals surface area contributed by atoms with Crippen molar-refractivity contribution < 1.29 is 0 Å². The predicted molar refractivity (Wildman–Crippen MR) is 68.5 cm³/mol. The van der Waals surface area contributed by atoms with Gasteiger partial charge in [0.15, 0.2) is 0 Å². The standard InChI is InChI=1S/C12H14N4/c1-5-3-7-9(13)12-8(4-6(2)16-12)10(14)11(7)15-5/h3-4,15-16H,13-14H2,1-2H3. The number of aryl methyl sites for hydroxylation is 2. The molecule has 2 aromatic heterocycles. The van der Waals surface area contributed by atoms with Gasteiger partial charge in [-0.25, -0.2) is 0 Å². The lowest BCUT2D eigenvalue weighted by atomic mass is 10.1. The maximum atomic E-state index is 6.14. The van der Waals surface area contributed by atoms with E-state index < -0.39 is 0 Å². The second-order valence-corrected chi connectivity index (χ2v) is 4.31. The molecule has 0 saturated heterocycles. The zero-order chi connectivity index (χ0) is 11.4. The van der Waals surface area contributed by atoms with Crippen molar-refractivity contribution in [1.29, 1.82) is 0 Å². The lowest BCUT2D eigenvalue weighted by Gasteiger charge is -2.03. The summed E-state index contributed by atoms with van der Waals surface area (Å²) in [5.41, 5.74) is 17.8. The zero-order valence-corrected chi connectivity index (χ0v) is 9.31. The molecule has 0 bridgehead atoms. The van der Waals surface area contributed by atoms with E-state index in [1.165, 1.54) is 0 Å². The molecule has 4 heteroatoms. The van der Waals surface area contributed by atoms with Gasteiger partial charge in [0.25, 0.3) is 0 Å². The largest absolute Gasteiger partial charge is 0.396 e. The van der Waals surface area contributed by atoms with Crippen molar-refractivity contribution in [3.8, 4) is 0 Å². The number of benzene rings is 1. The highest BCUT2D eigenvalue weighted by Gasteiger charge is 2.13. The van der Waals surface area contributed by atoms with Gasteiger partial charge < -0.3 is 21.4 Å². The van der Waals surface area contributed by atoms with Gasteiger partial charge in [0.05, 0.1) is 22.4 Å². The minimum atomic E-state index is 0.761. The minimum Gasteiger partial charge on any atom is -0.396 e. The van der Waals surface area contributed by atoms with Crippen molar-refractivity contribution in [2.45, 2.75) is 13.8 Å². The van der Waals surface area contributed by atoms with Gasteiger partial charge in [0.1, 0.15) is 0 Å². The molecule has 0 fully saturated rings. The molecule has 82 valence electrons. The monoisotopic (exact) mass is 214 g/mol. The number of aromatic amines is 2. The third-order valence-corrected chi connectivity index (χ3v) is 3.02. The average Bonchev–Trinajstić information content (AvgIpc) is 2.78. The molecule has 3 aromatic rings. The Bertz CT molecular complexity index is 588. The maximum absolute atomic E-state index is 6.14. The Hall–Kier alpha value is -2.10. The summed E-state index contributed by atoms with van der Waals surface area (Å²) in [6, 6.07) is 4.05. The van der Waals surface area contributed by atoms with Gasteiger partial charge in [-0.05, 0) is 26.0 Å². The third kappa shape index (κ3) is 0.984. The second kappa shape index (κ2) is 2.72. The maximum Gasteiger partial charge on any atom is 0.0718 e. The van der Waals surface area contributed by atoms with Crippen LogP contribution in [0.15, 0.2) is 12.1 Å². The van der Waals surface area contributed by atoms with Gasteiger partial charge in [0.2, 0.25) is 0 Å². The molecule has 2 heterocycles. The first-order chi connectivity index (χ1) is 7.58. The van der Waals surface area contributed by atoms with E-state index in [1.807, 2.05) is 26.0 Å². The van der Waals surface area contributed by atoms with E-state index in [4.69, 9.17) is 11.5 Å². The molecule has 0 aliphatic heterocycles. The highest BCUT2D eigenvalue weighted by molar-refractivity contribution is 6.16. The fraction of sp³-hybridized carbons (Fsp3) is 0.167. The van der Waals surface area contributed by atoms with Crippen molar-refractivity contribution in [3.05, 3.63) is 23.5 Å². The SMILES string of the molecule is Cc1cc2c(N)c3[nH]c(C)cc3c(N)c2[nH]1. The van der Waals surface area contributed by atoms with E-state index in [-0.39, 0.29) is 0 Å². The summed E-state index contributed by atoms with van der Waals surface area (Å²) in [4.78, 5) is 6.50. The first-order valence-corrected chi connectivity index (χ1v) is 5.23. The summed E-state index contributed by atoms with van der Waals surface area (Å²) in [7, 11) is 0. The van der Waals surface area contributed by atoms with E-state index >= 15 is 0 Å². The van der Waals surface area contributed by atoms with E-state index in [9.17, 15) is 0 Å². The summed E-state index contributed by atoms with van der Waals surface area (Å²) in [5, 5.41) is 1.98. The Morgan fingerprint density at radius 3 is 1.56 bits per heavy atom. The normalized spacial score (nSPS) is 11.6. The topological polar surface area (TPSA) is 83.6 Å². The molecule has 4 nitrogen and oxygen atoms in total. The zero-order valence-electron chi connectivity index (χ0n) is 9.31. The number of fused-ring (bicyclic) bond motifs is 2. The van der Waals surface area contributed by atoms with Crippen molar-refractivity contribution in [1.82, 2.24) is 9.97 Å². The second-order valence-electron chi connectivity index (χ2n) is 4.31. The first kappa shape index (κ1) is 9.15. The lowest BCUT2D eigenvalue weighted by Crippen LogP contribution is -1.93. The molecule has 0 aliphatic carbocycles. The number of hydrogen-bond donors (Lipinski definition) is 4. The Labute approximate surface area is 92.6 Å². The van der Waals surface area contributed by atoms with Crippen molar-refractivity contribution in [2.24, 2.45) is 0 Å². The number of nitrogens with one attached hydrogen (secondary N) is 2. The molecule has 3 rings (SSSR count). The van der Waals surface area contributed by atoms with Gasteiger partial charge in [-0.2, -0.15) is 0 Å². The van der Waals surface area contributed by atoms with Gasteiger partial charge >= 0.3 is 0 Å². The van der Waals surface area contributed by atoms with Crippen molar-refractivity contribution in [3.63, 3.8) is 0 Å². The van der Waals surface area contributed by atoms with Crippen LogP contribution in [-0.2, 0) is 0 Å². The number of nitrogen functional groups attached to an aromatic ring is 2. The number of aromatic nitrogens is 2. The minimum absolute atomic E-state index is 0.761. The molecular formula is C12H14N4. The summed E-state index contributed by atoms with van der Waals surface area (Å²) in [6.45, 7) is 4.00. The fourth-order valence-corrected chi connectivity index (χ4v) is 2.30. The number of hydrogen-bond acceptors (Lipinski definition) is 2. The molecule has 0 radical (unpaired) electrons. The van der Waals surface area contributed by atoms with Crippen LogP contribution in [0.5, 0.6) is 0 Å².